The molecule has 6 nitrogen and oxygen atoms in total. The second-order valence-electron chi connectivity index (χ2n) is 6.15. The van der Waals surface area contributed by atoms with Crippen LogP contribution >= 0.6 is 0 Å². The van der Waals surface area contributed by atoms with E-state index in [2.05, 4.69) is 0 Å². The molecule has 0 aliphatic carbocycles. The lowest BCUT2D eigenvalue weighted by Crippen LogP contribution is -2.39. The van der Waals surface area contributed by atoms with Crippen LogP contribution in [-0.4, -0.2) is 44.6 Å². The van der Waals surface area contributed by atoms with Gasteiger partial charge in [0.15, 0.2) is 0 Å². The summed E-state index contributed by atoms with van der Waals surface area (Å²) in [5.41, 5.74) is 1.48. The van der Waals surface area contributed by atoms with E-state index in [1.54, 1.807) is 46.0 Å². The summed E-state index contributed by atoms with van der Waals surface area (Å²) in [4.78, 5) is 25.5. The van der Waals surface area contributed by atoms with Gasteiger partial charge in [0.05, 0.1) is 5.56 Å². The smallest absolute Gasteiger partial charge is 0.352 e. The van der Waals surface area contributed by atoms with Gasteiger partial charge in [-0.05, 0) is 49.6 Å². The number of carbonyl (C=O) groups excluding carboxylic acids is 1. The minimum Gasteiger partial charge on any atom is -0.507 e. The van der Waals surface area contributed by atoms with E-state index in [4.69, 9.17) is 0 Å². The van der Waals surface area contributed by atoms with Crippen LogP contribution in [-0.2, 0) is 0 Å². The van der Waals surface area contributed by atoms with Crippen molar-refractivity contribution >= 4 is 11.9 Å². The van der Waals surface area contributed by atoms with Gasteiger partial charge in [-0.1, -0.05) is 6.07 Å². The number of amides is 1. The molecule has 1 aromatic carbocycles. The quantitative estimate of drug-likeness (QED) is 0.907. The Labute approximate surface area is 139 Å². The lowest BCUT2D eigenvalue weighted by Gasteiger charge is -2.33. The number of benzene rings is 1. The molecule has 1 amide bonds. The van der Waals surface area contributed by atoms with Crippen LogP contribution in [0.15, 0.2) is 36.5 Å². The van der Waals surface area contributed by atoms with E-state index in [9.17, 15) is 19.8 Å². The molecule has 0 saturated carbocycles. The number of aryl methyl sites for hydroxylation is 1. The van der Waals surface area contributed by atoms with Gasteiger partial charge in [-0.2, -0.15) is 0 Å². The standard InChI is InChI=1S/C18H20N2O4/c1-12-4-5-14(16(21)11-12)17(22)19-9-6-13(7-10-19)20-8-2-3-15(20)18(23)24/h2-5,8,11,13,21H,6-7,9-10H2,1H3,(H,23,24). The molecule has 3 rings (SSSR count). The first-order chi connectivity index (χ1) is 11.5. The maximum atomic E-state index is 12.6. The number of carboxylic acids is 1. The number of phenols is 1. The van der Waals surface area contributed by atoms with E-state index in [1.165, 1.54) is 0 Å². The monoisotopic (exact) mass is 328 g/mol. The lowest BCUT2D eigenvalue weighted by atomic mass is 10.0. The molecule has 1 aromatic heterocycles. The molecule has 0 radical (unpaired) electrons. The first-order valence-electron chi connectivity index (χ1n) is 7.96. The van der Waals surface area contributed by atoms with Crippen molar-refractivity contribution in [3.05, 3.63) is 53.3 Å². The molecule has 0 unspecified atom stereocenters. The first kappa shape index (κ1) is 16.1. The van der Waals surface area contributed by atoms with Gasteiger partial charge in [-0.3, -0.25) is 4.79 Å². The Morgan fingerprint density at radius 2 is 1.88 bits per heavy atom. The molecule has 1 saturated heterocycles. The van der Waals surface area contributed by atoms with E-state index in [-0.39, 0.29) is 23.4 Å². The number of rotatable bonds is 3. The highest BCUT2D eigenvalue weighted by molar-refractivity contribution is 5.97. The molecule has 2 N–H and O–H groups in total. The summed E-state index contributed by atoms with van der Waals surface area (Å²) in [6, 6.07) is 8.42. The highest BCUT2D eigenvalue weighted by Gasteiger charge is 2.27. The fourth-order valence-corrected chi connectivity index (χ4v) is 3.23. The van der Waals surface area contributed by atoms with Crippen molar-refractivity contribution in [2.45, 2.75) is 25.8 Å². The number of carbonyl (C=O) groups is 2. The molecular formula is C18H20N2O4. The average molecular weight is 328 g/mol. The minimum absolute atomic E-state index is 0.000645. The zero-order valence-corrected chi connectivity index (χ0v) is 13.5. The van der Waals surface area contributed by atoms with Gasteiger partial charge >= 0.3 is 5.97 Å². The predicted molar refractivity (Wildman–Crippen MR) is 88.4 cm³/mol. The molecule has 0 atom stereocenters. The molecule has 1 aliphatic rings. The molecule has 2 aromatic rings. The molecule has 126 valence electrons. The third-order valence-corrected chi connectivity index (χ3v) is 4.53. The second-order valence-corrected chi connectivity index (χ2v) is 6.15. The number of carboxylic acid groups (broad SMARTS) is 1. The van der Waals surface area contributed by atoms with Crippen molar-refractivity contribution in [1.29, 1.82) is 0 Å². The molecule has 2 heterocycles. The normalized spacial score (nSPS) is 15.5. The number of hydrogen-bond acceptors (Lipinski definition) is 3. The predicted octanol–water partition coefficient (Wildman–Crippen LogP) is 2.68. The van der Waals surface area contributed by atoms with Gasteiger partial charge in [-0.25, -0.2) is 4.79 Å². The Morgan fingerprint density at radius 1 is 1.17 bits per heavy atom. The number of nitrogens with zero attached hydrogens (tertiary/aromatic N) is 2. The number of piperidine rings is 1. The number of likely N-dealkylation sites (tertiary alicyclic amines) is 1. The van der Waals surface area contributed by atoms with Gasteiger partial charge < -0.3 is 19.7 Å². The van der Waals surface area contributed by atoms with Crippen LogP contribution in [0.3, 0.4) is 0 Å². The van der Waals surface area contributed by atoms with Crippen LogP contribution in [0.4, 0.5) is 0 Å². The number of hydrogen-bond donors (Lipinski definition) is 2. The number of aromatic hydroxyl groups is 1. The molecule has 0 spiro atoms. The van der Waals surface area contributed by atoms with Crippen LogP contribution in [0.2, 0.25) is 0 Å². The summed E-state index contributed by atoms with van der Waals surface area (Å²) < 4.78 is 1.77. The highest BCUT2D eigenvalue weighted by atomic mass is 16.4. The topological polar surface area (TPSA) is 82.8 Å². The van der Waals surface area contributed by atoms with E-state index in [1.807, 2.05) is 6.92 Å². The van der Waals surface area contributed by atoms with Gasteiger partial charge in [0, 0.05) is 25.3 Å². The van der Waals surface area contributed by atoms with Gasteiger partial charge in [-0.15, -0.1) is 0 Å². The van der Waals surface area contributed by atoms with Gasteiger partial charge in [0.2, 0.25) is 0 Å². The van der Waals surface area contributed by atoms with Crippen LogP contribution in [0, 0.1) is 6.92 Å². The largest absolute Gasteiger partial charge is 0.507 e. The molecule has 1 aliphatic heterocycles. The SMILES string of the molecule is Cc1ccc(C(=O)N2CCC(n3cccc3C(=O)O)CC2)c(O)c1. The van der Waals surface area contributed by atoms with E-state index < -0.39 is 5.97 Å². The van der Waals surface area contributed by atoms with E-state index in [0.717, 1.165) is 5.56 Å². The number of aromatic carboxylic acids is 1. The Balaban J connectivity index is 1.69. The molecule has 0 bridgehead atoms. The summed E-state index contributed by atoms with van der Waals surface area (Å²) in [5, 5.41) is 19.2. The Hall–Kier alpha value is -2.76. The lowest BCUT2D eigenvalue weighted by molar-refractivity contribution is 0.0648. The average Bonchev–Trinajstić information content (AvgIpc) is 3.04. The van der Waals surface area contributed by atoms with Crippen LogP contribution < -0.4 is 0 Å². The Kier molecular flexibility index (Phi) is 4.29. The summed E-state index contributed by atoms with van der Waals surface area (Å²) in [7, 11) is 0. The molecule has 6 heteroatoms. The summed E-state index contributed by atoms with van der Waals surface area (Å²) in [6.45, 7) is 2.93. The zero-order valence-electron chi connectivity index (χ0n) is 13.5. The first-order valence-corrected chi connectivity index (χ1v) is 7.96. The Morgan fingerprint density at radius 3 is 2.50 bits per heavy atom. The van der Waals surface area contributed by atoms with Crippen molar-refractivity contribution in [3.63, 3.8) is 0 Å². The highest BCUT2D eigenvalue weighted by Crippen LogP contribution is 2.27. The molecule has 24 heavy (non-hydrogen) atoms. The summed E-state index contributed by atoms with van der Waals surface area (Å²) >= 11 is 0. The third kappa shape index (κ3) is 2.99. The van der Waals surface area contributed by atoms with Crippen molar-refractivity contribution in [1.82, 2.24) is 9.47 Å². The van der Waals surface area contributed by atoms with Crippen molar-refractivity contribution in [2.75, 3.05) is 13.1 Å². The van der Waals surface area contributed by atoms with E-state index in [0.29, 0.717) is 31.5 Å². The van der Waals surface area contributed by atoms with Crippen LogP contribution in [0.1, 0.15) is 45.3 Å². The van der Waals surface area contributed by atoms with Crippen molar-refractivity contribution < 1.29 is 19.8 Å². The maximum absolute atomic E-state index is 12.6. The van der Waals surface area contributed by atoms with Gasteiger partial charge in [0.25, 0.3) is 5.91 Å². The maximum Gasteiger partial charge on any atom is 0.352 e. The van der Waals surface area contributed by atoms with Crippen molar-refractivity contribution in [3.8, 4) is 5.75 Å². The third-order valence-electron chi connectivity index (χ3n) is 4.53. The van der Waals surface area contributed by atoms with Crippen molar-refractivity contribution in [2.24, 2.45) is 0 Å². The fourth-order valence-electron chi connectivity index (χ4n) is 3.23. The summed E-state index contributed by atoms with van der Waals surface area (Å²) in [5.74, 6) is -1.12. The molecular weight excluding hydrogens is 308 g/mol. The molecule has 1 fully saturated rings. The number of phenolic OH excluding ortho intramolecular Hbond substituents is 1. The van der Waals surface area contributed by atoms with Crippen LogP contribution in [0.5, 0.6) is 5.75 Å². The van der Waals surface area contributed by atoms with Crippen LogP contribution in [0.25, 0.3) is 0 Å². The summed E-state index contributed by atoms with van der Waals surface area (Å²) in [6.07, 6.45) is 3.15. The van der Waals surface area contributed by atoms with E-state index >= 15 is 0 Å². The minimum atomic E-state index is -0.942. The Bertz CT molecular complexity index is 773. The fraction of sp³-hybridized carbons (Fsp3) is 0.333. The number of aromatic nitrogens is 1. The second kappa shape index (κ2) is 6.39. The van der Waals surface area contributed by atoms with Gasteiger partial charge in [0.1, 0.15) is 11.4 Å². The zero-order chi connectivity index (χ0) is 17.3.